The van der Waals surface area contributed by atoms with E-state index in [-0.39, 0.29) is 0 Å². The zero-order chi connectivity index (χ0) is 11.2. The summed E-state index contributed by atoms with van der Waals surface area (Å²) in [6.07, 6.45) is 7.48. The summed E-state index contributed by atoms with van der Waals surface area (Å²) in [4.78, 5) is 0. The van der Waals surface area contributed by atoms with Crippen LogP contribution in [0.25, 0.3) is 0 Å². The van der Waals surface area contributed by atoms with Gasteiger partial charge in [0, 0.05) is 44.1 Å². The predicted octanol–water partition coefficient (Wildman–Crippen LogP) is 1.56. The summed E-state index contributed by atoms with van der Waals surface area (Å²) >= 11 is 0. The van der Waals surface area contributed by atoms with Crippen molar-refractivity contribution in [3.05, 3.63) is 18.0 Å². The van der Waals surface area contributed by atoms with Gasteiger partial charge in [-0.1, -0.05) is 6.92 Å². The number of ether oxygens (including phenoxy) is 1. The van der Waals surface area contributed by atoms with E-state index in [4.69, 9.17) is 4.74 Å². The molecule has 2 heterocycles. The lowest BCUT2D eigenvalue weighted by Gasteiger charge is -2.22. The Morgan fingerprint density at radius 3 is 3.06 bits per heavy atom. The van der Waals surface area contributed by atoms with Gasteiger partial charge in [0.1, 0.15) is 0 Å². The highest BCUT2D eigenvalue weighted by Crippen LogP contribution is 2.07. The maximum atomic E-state index is 5.33. The number of rotatable bonds is 5. The minimum absolute atomic E-state index is 0.614. The molecule has 0 bridgehead atoms. The van der Waals surface area contributed by atoms with Gasteiger partial charge in [0.15, 0.2) is 0 Å². The van der Waals surface area contributed by atoms with Crippen LogP contribution < -0.4 is 5.32 Å². The van der Waals surface area contributed by atoms with Gasteiger partial charge in [-0.15, -0.1) is 0 Å². The Labute approximate surface area is 97.0 Å². The smallest absolute Gasteiger partial charge is 0.0534 e. The first kappa shape index (κ1) is 11.6. The molecule has 4 nitrogen and oxygen atoms in total. The highest BCUT2D eigenvalue weighted by molar-refractivity contribution is 5.03. The van der Waals surface area contributed by atoms with Crippen molar-refractivity contribution in [3.8, 4) is 0 Å². The van der Waals surface area contributed by atoms with E-state index in [0.29, 0.717) is 6.04 Å². The normalized spacial score (nSPS) is 17.8. The molecule has 0 aromatic carbocycles. The molecule has 1 saturated heterocycles. The van der Waals surface area contributed by atoms with Crippen LogP contribution in [0.3, 0.4) is 0 Å². The van der Waals surface area contributed by atoms with E-state index in [1.54, 1.807) is 0 Å². The molecule has 0 saturated carbocycles. The molecule has 0 spiro atoms. The van der Waals surface area contributed by atoms with Crippen LogP contribution in [0.15, 0.2) is 12.4 Å². The summed E-state index contributed by atoms with van der Waals surface area (Å²) < 4.78 is 7.35. The van der Waals surface area contributed by atoms with Gasteiger partial charge in [0.25, 0.3) is 0 Å². The third-order valence-electron chi connectivity index (χ3n) is 2.96. The van der Waals surface area contributed by atoms with Crippen molar-refractivity contribution < 1.29 is 4.74 Å². The number of aryl methyl sites for hydroxylation is 1. The first-order valence-electron chi connectivity index (χ1n) is 6.21. The van der Waals surface area contributed by atoms with Gasteiger partial charge in [-0.3, -0.25) is 4.68 Å². The van der Waals surface area contributed by atoms with Crippen LogP contribution in [0.5, 0.6) is 0 Å². The second kappa shape index (κ2) is 6.01. The number of aromatic nitrogens is 2. The van der Waals surface area contributed by atoms with Crippen molar-refractivity contribution in [2.75, 3.05) is 13.2 Å². The minimum atomic E-state index is 0.614. The van der Waals surface area contributed by atoms with Crippen LogP contribution in [0.1, 0.15) is 31.7 Å². The molecule has 2 rings (SSSR count). The summed E-state index contributed by atoms with van der Waals surface area (Å²) in [6.45, 7) is 5.90. The quantitative estimate of drug-likeness (QED) is 0.823. The van der Waals surface area contributed by atoms with E-state index in [2.05, 4.69) is 23.5 Å². The highest BCUT2D eigenvalue weighted by Gasteiger charge is 2.12. The Balaban J connectivity index is 1.75. The number of nitrogens with zero attached hydrogens (tertiary/aromatic N) is 2. The summed E-state index contributed by atoms with van der Waals surface area (Å²) in [5, 5.41) is 7.88. The molecule has 0 amide bonds. The molecule has 1 N–H and O–H groups in total. The third kappa shape index (κ3) is 3.32. The lowest BCUT2D eigenvalue weighted by molar-refractivity contribution is 0.0776. The summed E-state index contributed by atoms with van der Waals surface area (Å²) in [5.41, 5.74) is 1.28. The molecule has 1 aromatic rings. The molecule has 0 radical (unpaired) electrons. The van der Waals surface area contributed by atoms with Gasteiger partial charge in [-0.05, 0) is 19.3 Å². The Bertz CT molecular complexity index is 305. The fraction of sp³-hybridized carbons (Fsp3) is 0.750. The van der Waals surface area contributed by atoms with Crippen molar-refractivity contribution in [2.45, 2.75) is 45.3 Å². The Morgan fingerprint density at radius 2 is 2.31 bits per heavy atom. The second-order valence-corrected chi connectivity index (χ2v) is 4.38. The lowest BCUT2D eigenvalue weighted by atomic mass is 10.1. The summed E-state index contributed by atoms with van der Waals surface area (Å²) in [7, 11) is 0. The number of hydrogen-bond donors (Lipinski definition) is 1. The van der Waals surface area contributed by atoms with E-state index < -0.39 is 0 Å². The van der Waals surface area contributed by atoms with E-state index in [1.165, 1.54) is 5.56 Å². The zero-order valence-electron chi connectivity index (χ0n) is 9.98. The molecule has 4 heteroatoms. The van der Waals surface area contributed by atoms with Crippen molar-refractivity contribution in [1.29, 1.82) is 0 Å². The van der Waals surface area contributed by atoms with Crippen molar-refractivity contribution in [1.82, 2.24) is 15.1 Å². The van der Waals surface area contributed by atoms with Gasteiger partial charge >= 0.3 is 0 Å². The van der Waals surface area contributed by atoms with Crippen molar-refractivity contribution in [2.24, 2.45) is 0 Å². The molecular weight excluding hydrogens is 202 g/mol. The van der Waals surface area contributed by atoms with Gasteiger partial charge < -0.3 is 10.1 Å². The molecule has 16 heavy (non-hydrogen) atoms. The van der Waals surface area contributed by atoms with Crippen LogP contribution in [0.2, 0.25) is 0 Å². The van der Waals surface area contributed by atoms with E-state index in [1.807, 2.05) is 10.9 Å². The molecular formula is C12H21N3O. The van der Waals surface area contributed by atoms with E-state index in [9.17, 15) is 0 Å². The average Bonchev–Trinajstić information content (AvgIpc) is 2.76. The zero-order valence-corrected chi connectivity index (χ0v) is 9.98. The largest absolute Gasteiger partial charge is 0.381 e. The van der Waals surface area contributed by atoms with Gasteiger partial charge in [0.2, 0.25) is 0 Å². The third-order valence-corrected chi connectivity index (χ3v) is 2.96. The molecule has 0 aliphatic carbocycles. The number of hydrogen-bond acceptors (Lipinski definition) is 3. The first-order chi connectivity index (χ1) is 7.88. The Morgan fingerprint density at radius 1 is 1.50 bits per heavy atom. The first-order valence-corrected chi connectivity index (χ1v) is 6.21. The molecule has 0 atom stereocenters. The fourth-order valence-electron chi connectivity index (χ4n) is 2.01. The topological polar surface area (TPSA) is 39.1 Å². The molecule has 1 fully saturated rings. The van der Waals surface area contributed by atoms with Crippen LogP contribution in [-0.4, -0.2) is 29.0 Å². The number of nitrogens with one attached hydrogen (secondary N) is 1. The molecule has 90 valence electrons. The van der Waals surface area contributed by atoms with Gasteiger partial charge in [0.05, 0.1) is 6.20 Å². The van der Waals surface area contributed by atoms with Crippen molar-refractivity contribution in [3.63, 3.8) is 0 Å². The van der Waals surface area contributed by atoms with E-state index >= 15 is 0 Å². The van der Waals surface area contributed by atoms with E-state index in [0.717, 1.165) is 45.6 Å². The average molecular weight is 223 g/mol. The minimum Gasteiger partial charge on any atom is -0.381 e. The summed E-state index contributed by atoms with van der Waals surface area (Å²) in [5.74, 6) is 0. The predicted molar refractivity (Wildman–Crippen MR) is 63.2 cm³/mol. The van der Waals surface area contributed by atoms with Crippen LogP contribution >= 0.6 is 0 Å². The van der Waals surface area contributed by atoms with Crippen LogP contribution in [0.4, 0.5) is 0 Å². The highest BCUT2D eigenvalue weighted by atomic mass is 16.5. The Hall–Kier alpha value is -0.870. The van der Waals surface area contributed by atoms with Crippen LogP contribution in [-0.2, 0) is 17.8 Å². The van der Waals surface area contributed by atoms with Gasteiger partial charge in [-0.2, -0.15) is 5.10 Å². The molecule has 1 aliphatic heterocycles. The SMILES string of the molecule is CCCn1cc(CNC2CCOCC2)cn1. The lowest BCUT2D eigenvalue weighted by Crippen LogP contribution is -2.34. The summed E-state index contributed by atoms with van der Waals surface area (Å²) in [6, 6.07) is 0.614. The molecule has 1 aliphatic rings. The van der Waals surface area contributed by atoms with Crippen molar-refractivity contribution >= 4 is 0 Å². The maximum absolute atomic E-state index is 5.33. The van der Waals surface area contributed by atoms with Crippen LogP contribution in [0, 0.1) is 0 Å². The van der Waals surface area contributed by atoms with Gasteiger partial charge in [-0.25, -0.2) is 0 Å². The second-order valence-electron chi connectivity index (χ2n) is 4.38. The molecule has 0 unspecified atom stereocenters. The fourth-order valence-corrected chi connectivity index (χ4v) is 2.01. The Kier molecular flexibility index (Phi) is 4.36. The molecule has 1 aromatic heterocycles. The maximum Gasteiger partial charge on any atom is 0.0534 e. The monoisotopic (exact) mass is 223 g/mol. The standard InChI is InChI=1S/C12H21N3O/c1-2-5-15-10-11(9-14-15)8-13-12-3-6-16-7-4-12/h9-10,12-13H,2-8H2,1H3.